The van der Waals surface area contributed by atoms with Gasteiger partial charge in [-0.1, -0.05) is 30.7 Å². The van der Waals surface area contributed by atoms with E-state index in [1.54, 1.807) is 26.2 Å². The summed E-state index contributed by atoms with van der Waals surface area (Å²) in [5.41, 5.74) is 6.23. The van der Waals surface area contributed by atoms with Crippen molar-refractivity contribution < 1.29 is 18.7 Å². The number of ketones is 1. The molecular formula is C34H37FN4O3. The third kappa shape index (κ3) is 5.87. The molecule has 42 heavy (non-hydrogen) atoms. The Kier molecular flexibility index (Phi) is 8.18. The lowest BCUT2D eigenvalue weighted by molar-refractivity contribution is -0.140. The molecule has 1 saturated heterocycles. The lowest BCUT2D eigenvalue weighted by Crippen LogP contribution is -2.50. The van der Waals surface area contributed by atoms with Crippen molar-refractivity contribution in [2.75, 3.05) is 33.3 Å². The Balaban J connectivity index is 1.25. The van der Waals surface area contributed by atoms with E-state index in [1.165, 1.54) is 12.1 Å². The summed E-state index contributed by atoms with van der Waals surface area (Å²) >= 11 is 0. The Morgan fingerprint density at radius 1 is 0.905 bits per heavy atom. The van der Waals surface area contributed by atoms with Gasteiger partial charge in [0.05, 0.1) is 17.5 Å². The van der Waals surface area contributed by atoms with Gasteiger partial charge in [0.15, 0.2) is 5.78 Å². The molecule has 4 aromatic rings. The van der Waals surface area contributed by atoms with Gasteiger partial charge in [0, 0.05) is 63.1 Å². The maximum Gasteiger partial charge on any atom is 0.225 e. The zero-order chi connectivity index (χ0) is 29.2. The summed E-state index contributed by atoms with van der Waals surface area (Å²) in [4.78, 5) is 34.4. The molecule has 1 aliphatic heterocycles. The summed E-state index contributed by atoms with van der Waals surface area (Å²) in [6.07, 6.45) is 6.11. The fraction of sp³-hybridized carbons (Fsp3) is 0.382. The number of pyridine rings is 1. The van der Waals surface area contributed by atoms with Crippen LogP contribution in [0.1, 0.15) is 48.7 Å². The molecule has 3 heterocycles. The van der Waals surface area contributed by atoms with E-state index in [-0.39, 0.29) is 29.5 Å². The molecule has 2 aromatic carbocycles. The van der Waals surface area contributed by atoms with Crippen molar-refractivity contribution in [3.8, 4) is 22.4 Å². The molecule has 0 radical (unpaired) electrons. The number of aromatic nitrogens is 2. The van der Waals surface area contributed by atoms with E-state index < -0.39 is 0 Å². The topological polar surface area (TPSA) is 67.2 Å². The quantitative estimate of drug-likeness (QED) is 0.261. The Labute approximate surface area is 245 Å². The minimum atomic E-state index is -0.282. The molecule has 7 nitrogen and oxygen atoms in total. The summed E-state index contributed by atoms with van der Waals surface area (Å²) in [7, 11) is 1.74. The first-order chi connectivity index (χ1) is 20.4. The van der Waals surface area contributed by atoms with E-state index >= 15 is 0 Å². The minimum Gasteiger partial charge on any atom is -0.381 e. The van der Waals surface area contributed by atoms with Crippen LogP contribution in [0.4, 0.5) is 4.39 Å². The van der Waals surface area contributed by atoms with Gasteiger partial charge >= 0.3 is 0 Å². The zero-order valence-corrected chi connectivity index (χ0v) is 24.3. The number of carbonyl (C=O) groups is 2. The summed E-state index contributed by atoms with van der Waals surface area (Å²) < 4.78 is 21.5. The molecule has 1 amide bonds. The molecule has 2 fully saturated rings. The van der Waals surface area contributed by atoms with Crippen LogP contribution >= 0.6 is 0 Å². The molecular weight excluding hydrogens is 531 g/mol. The fourth-order valence-corrected chi connectivity index (χ4v) is 6.33. The second-order valence-corrected chi connectivity index (χ2v) is 11.5. The number of methoxy groups -OCH3 is 1. The number of hydrogen-bond acceptors (Lipinski definition) is 5. The van der Waals surface area contributed by atoms with Gasteiger partial charge < -0.3 is 14.0 Å². The Hall–Kier alpha value is -3.88. The zero-order valence-electron chi connectivity index (χ0n) is 24.3. The first-order valence-electron chi connectivity index (χ1n) is 14.8. The second-order valence-electron chi connectivity index (χ2n) is 11.5. The van der Waals surface area contributed by atoms with Crippen molar-refractivity contribution in [3.05, 3.63) is 83.9 Å². The number of nitrogens with zero attached hydrogens (tertiary/aromatic N) is 4. The maximum absolute atomic E-state index is 13.8. The number of imidazole rings is 1. The molecule has 2 aromatic heterocycles. The maximum atomic E-state index is 13.8. The van der Waals surface area contributed by atoms with Crippen molar-refractivity contribution in [3.63, 3.8) is 0 Å². The predicted octanol–water partition coefficient (Wildman–Crippen LogP) is 5.86. The number of fused-ring (bicyclic) bond motifs is 1. The van der Waals surface area contributed by atoms with E-state index in [4.69, 9.17) is 9.72 Å². The van der Waals surface area contributed by atoms with E-state index in [1.807, 2.05) is 41.3 Å². The fourth-order valence-electron chi connectivity index (χ4n) is 6.33. The molecule has 1 aliphatic carbocycles. The van der Waals surface area contributed by atoms with E-state index in [2.05, 4.69) is 15.5 Å². The average molecular weight is 569 g/mol. The van der Waals surface area contributed by atoms with Crippen molar-refractivity contribution in [1.82, 2.24) is 19.2 Å². The van der Waals surface area contributed by atoms with Crippen LogP contribution in [-0.2, 0) is 16.1 Å². The van der Waals surface area contributed by atoms with Gasteiger partial charge in [-0.3, -0.25) is 14.5 Å². The average Bonchev–Trinajstić information content (AvgIpc) is 3.38. The molecule has 218 valence electrons. The number of hydrogen-bond donors (Lipinski definition) is 0. The molecule has 2 aliphatic rings. The SMILES string of the molecule is COC1CCCC(C(=O)N2CCN(Cc3c(-c4ccc(F)cc4)nc4ccc(-c5ccc(C(C)=O)cc5)cn34)CC2)C1. The van der Waals surface area contributed by atoms with Crippen LogP contribution in [0.25, 0.3) is 28.0 Å². The van der Waals surface area contributed by atoms with Gasteiger partial charge in [-0.15, -0.1) is 0 Å². The number of piperazine rings is 1. The highest BCUT2D eigenvalue weighted by Crippen LogP contribution is 2.30. The summed E-state index contributed by atoms with van der Waals surface area (Å²) in [5, 5.41) is 0. The van der Waals surface area contributed by atoms with Gasteiger partial charge in [-0.05, 0) is 73.7 Å². The molecule has 8 heteroatoms. The molecule has 0 N–H and O–H groups in total. The highest BCUT2D eigenvalue weighted by molar-refractivity contribution is 5.94. The number of rotatable bonds is 7. The predicted molar refractivity (Wildman–Crippen MR) is 161 cm³/mol. The Bertz CT molecular complexity index is 1570. The standard InChI is InChI=1S/C34H37FN4O3/c1-23(40)24-6-8-25(9-7-24)28-12-15-32-36-33(26-10-13-29(35)14-11-26)31(39(32)21-28)22-37-16-18-38(19-17-37)34(41)27-4-3-5-30(20-27)42-2/h6-15,21,27,30H,3-5,16-20,22H2,1-2H3. The minimum absolute atomic E-state index is 0.0394. The number of ether oxygens (including phenoxy) is 1. The van der Waals surface area contributed by atoms with Crippen molar-refractivity contribution in [2.24, 2.45) is 5.92 Å². The monoisotopic (exact) mass is 568 g/mol. The molecule has 0 spiro atoms. The van der Waals surface area contributed by atoms with Gasteiger partial charge in [-0.2, -0.15) is 0 Å². The Morgan fingerprint density at radius 2 is 1.60 bits per heavy atom. The van der Waals surface area contributed by atoms with Crippen molar-refractivity contribution in [2.45, 2.75) is 45.3 Å². The normalized spacial score (nSPS) is 19.7. The molecule has 2 unspecified atom stereocenters. The van der Waals surface area contributed by atoms with Crippen LogP contribution in [0.15, 0.2) is 66.9 Å². The summed E-state index contributed by atoms with van der Waals surface area (Å²) in [5.74, 6) is 0.0779. The number of amides is 1. The first kappa shape index (κ1) is 28.2. The van der Waals surface area contributed by atoms with Crippen LogP contribution in [0, 0.1) is 11.7 Å². The van der Waals surface area contributed by atoms with Gasteiger partial charge in [0.25, 0.3) is 0 Å². The number of carbonyl (C=O) groups excluding carboxylic acids is 2. The number of halogens is 1. The largest absolute Gasteiger partial charge is 0.381 e. The van der Waals surface area contributed by atoms with Crippen molar-refractivity contribution in [1.29, 1.82) is 0 Å². The molecule has 2 atom stereocenters. The van der Waals surface area contributed by atoms with Crippen LogP contribution in [-0.4, -0.2) is 70.3 Å². The number of Topliss-reactive ketones (excluding diaryl/α,β-unsaturated/α-hetero) is 1. The molecule has 0 bridgehead atoms. The smallest absolute Gasteiger partial charge is 0.225 e. The molecule has 6 rings (SSSR count). The van der Waals surface area contributed by atoms with Gasteiger partial charge in [0.1, 0.15) is 11.5 Å². The van der Waals surface area contributed by atoms with Crippen molar-refractivity contribution >= 4 is 17.3 Å². The highest BCUT2D eigenvalue weighted by atomic mass is 19.1. The summed E-state index contributed by atoms with van der Waals surface area (Å²) in [6, 6.07) is 18.1. The van der Waals surface area contributed by atoms with Crippen LogP contribution in [0.2, 0.25) is 0 Å². The lowest BCUT2D eigenvalue weighted by Gasteiger charge is -2.38. The highest BCUT2D eigenvalue weighted by Gasteiger charge is 2.32. The van der Waals surface area contributed by atoms with Gasteiger partial charge in [-0.25, -0.2) is 9.37 Å². The molecule has 1 saturated carbocycles. The van der Waals surface area contributed by atoms with Crippen LogP contribution < -0.4 is 0 Å². The third-order valence-corrected chi connectivity index (χ3v) is 8.83. The summed E-state index contributed by atoms with van der Waals surface area (Å²) in [6.45, 7) is 5.16. The van der Waals surface area contributed by atoms with Crippen LogP contribution in [0.3, 0.4) is 0 Å². The van der Waals surface area contributed by atoms with E-state index in [9.17, 15) is 14.0 Å². The number of benzene rings is 2. The lowest BCUT2D eigenvalue weighted by atomic mass is 9.86. The first-order valence-corrected chi connectivity index (χ1v) is 14.8. The third-order valence-electron chi connectivity index (χ3n) is 8.83. The van der Waals surface area contributed by atoms with E-state index in [0.717, 1.165) is 72.5 Å². The van der Waals surface area contributed by atoms with E-state index in [0.29, 0.717) is 25.2 Å². The van der Waals surface area contributed by atoms with Crippen LogP contribution in [0.5, 0.6) is 0 Å². The second kappa shape index (κ2) is 12.2. The Morgan fingerprint density at radius 3 is 2.29 bits per heavy atom. The van der Waals surface area contributed by atoms with Gasteiger partial charge in [0.2, 0.25) is 5.91 Å².